The molecule has 0 aromatic heterocycles. The standard InChI is InChI=1S/C8H9BrF2N2/c9-4-1-2-5(10)7(8(4)11)6(13)3-12/h1-2,6H,3,12-13H2. The first-order valence-corrected chi connectivity index (χ1v) is 4.46. The maximum Gasteiger partial charge on any atom is 0.145 e. The summed E-state index contributed by atoms with van der Waals surface area (Å²) >= 11 is 2.94. The number of benzene rings is 1. The molecule has 1 aromatic carbocycles. The Morgan fingerprint density at radius 2 is 2.00 bits per heavy atom. The number of hydrogen-bond acceptors (Lipinski definition) is 2. The van der Waals surface area contributed by atoms with Gasteiger partial charge in [0.2, 0.25) is 0 Å². The molecule has 0 spiro atoms. The molecule has 1 aromatic rings. The van der Waals surface area contributed by atoms with Crippen molar-refractivity contribution in [2.24, 2.45) is 11.5 Å². The SMILES string of the molecule is NCC(N)c1c(F)ccc(Br)c1F. The normalized spacial score (nSPS) is 13.0. The number of nitrogens with two attached hydrogens (primary N) is 2. The summed E-state index contributed by atoms with van der Waals surface area (Å²) < 4.78 is 26.5. The molecule has 0 saturated heterocycles. The van der Waals surface area contributed by atoms with E-state index >= 15 is 0 Å². The van der Waals surface area contributed by atoms with Crippen LogP contribution in [-0.4, -0.2) is 6.54 Å². The van der Waals surface area contributed by atoms with Crippen LogP contribution in [0.25, 0.3) is 0 Å². The summed E-state index contributed by atoms with van der Waals surface area (Å²) in [5.41, 5.74) is 10.5. The van der Waals surface area contributed by atoms with Gasteiger partial charge in [-0.2, -0.15) is 0 Å². The highest BCUT2D eigenvalue weighted by Crippen LogP contribution is 2.24. The Balaban J connectivity index is 3.25. The van der Waals surface area contributed by atoms with Crippen molar-refractivity contribution < 1.29 is 8.78 Å². The molecule has 1 unspecified atom stereocenters. The monoisotopic (exact) mass is 250 g/mol. The molecule has 0 aliphatic rings. The van der Waals surface area contributed by atoms with E-state index in [1.54, 1.807) is 0 Å². The van der Waals surface area contributed by atoms with E-state index in [2.05, 4.69) is 15.9 Å². The molecule has 4 N–H and O–H groups in total. The predicted molar refractivity (Wildman–Crippen MR) is 50.0 cm³/mol. The van der Waals surface area contributed by atoms with Gasteiger partial charge < -0.3 is 11.5 Å². The van der Waals surface area contributed by atoms with Crippen molar-refractivity contribution >= 4 is 15.9 Å². The maximum absolute atomic E-state index is 13.3. The Labute approximate surface area is 83.0 Å². The third kappa shape index (κ3) is 2.04. The molecule has 1 atom stereocenters. The molecule has 5 heteroatoms. The van der Waals surface area contributed by atoms with E-state index in [-0.39, 0.29) is 16.6 Å². The van der Waals surface area contributed by atoms with Gasteiger partial charge in [0.05, 0.1) is 4.47 Å². The highest BCUT2D eigenvalue weighted by molar-refractivity contribution is 9.10. The topological polar surface area (TPSA) is 52.0 Å². The predicted octanol–water partition coefficient (Wildman–Crippen LogP) is 1.69. The number of rotatable bonds is 2. The first-order valence-electron chi connectivity index (χ1n) is 3.67. The molecular weight excluding hydrogens is 242 g/mol. The zero-order chi connectivity index (χ0) is 10.0. The Hall–Kier alpha value is -0.520. The van der Waals surface area contributed by atoms with Crippen molar-refractivity contribution in [2.75, 3.05) is 6.54 Å². The number of hydrogen-bond donors (Lipinski definition) is 2. The van der Waals surface area contributed by atoms with Crippen molar-refractivity contribution in [2.45, 2.75) is 6.04 Å². The third-order valence-electron chi connectivity index (χ3n) is 1.70. The Morgan fingerprint density at radius 1 is 1.38 bits per heavy atom. The molecule has 1 rings (SSSR count). The molecular formula is C8H9BrF2N2. The lowest BCUT2D eigenvalue weighted by Gasteiger charge is -2.11. The molecule has 0 aliphatic heterocycles. The average molecular weight is 251 g/mol. The Morgan fingerprint density at radius 3 is 2.54 bits per heavy atom. The molecule has 2 nitrogen and oxygen atoms in total. The van der Waals surface area contributed by atoms with Crippen molar-refractivity contribution in [3.8, 4) is 0 Å². The zero-order valence-corrected chi connectivity index (χ0v) is 8.31. The van der Waals surface area contributed by atoms with Gasteiger partial charge >= 0.3 is 0 Å². The molecule has 13 heavy (non-hydrogen) atoms. The van der Waals surface area contributed by atoms with Gasteiger partial charge in [-0.1, -0.05) is 0 Å². The fourth-order valence-corrected chi connectivity index (χ4v) is 1.35. The minimum atomic E-state index is -0.808. The van der Waals surface area contributed by atoms with Gasteiger partial charge in [-0.05, 0) is 28.1 Å². The van der Waals surface area contributed by atoms with Crippen molar-refractivity contribution in [1.29, 1.82) is 0 Å². The van der Waals surface area contributed by atoms with Crippen LogP contribution in [0.5, 0.6) is 0 Å². The van der Waals surface area contributed by atoms with Gasteiger partial charge in [0.1, 0.15) is 11.6 Å². The van der Waals surface area contributed by atoms with Gasteiger partial charge in [-0.3, -0.25) is 0 Å². The first-order chi connectivity index (χ1) is 6.07. The molecule has 0 saturated carbocycles. The molecule has 0 bridgehead atoms. The van der Waals surface area contributed by atoms with Crippen LogP contribution < -0.4 is 11.5 Å². The van der Waals surface area contributed by atoms with E-state index in [1.165, 1.54) is 6.07 Å². The molecule has 0 fully saturated rings. The smallest absolute Gasteiger partial charge is 0.145 e. The molecule has 72 valence electrons. The molecule has 0 radical (unpaired) electrons. The second-order valence-corrected chi connectivity index (χ2v) is 3.45. The fraction of sp³-hybridized carbons (Fsp3) is 0.250. The van der Waals surface area contributed by atoms with E-state index in [0.717, 1.165) is 6.07 Å². The van der Waals surface area contributed by atoms with Crippen molar-refractivity contribution in [3.63, 3.8) is 0 Å². The van der Waals surface area contributed by atoms with E-state index < -0.39 is 17.7 Å². The summed E-state index contributed by atoms with van der Waals surface area (Å²) in [5, 5.41) is 0. The van der Waals surface area contributed by atoms with Crippen LogP contribution in [0.1, 0.15) is 11.6 Å². The summed E-state index contributed by atoms with van der Waals surface area (Å²) in [6, 6.07) is 1.63. The minimum Gasteiger partial charge on any atom is -0.329 e. The lowest BCUT2D eigenvalue weighted by atomic mass is 10.1. The minimum absolute atomic E-state index is 0.00426. The van der Waals surface area contributed by atoms with Gasteiger partial charge in [0, 0.05) is 18.2 Å². The largest absolute Gasteiger partial charge is 0.329 e. The highest BCUT2D eigenvalue weighted by Gasteiger charge is 2.17. The maximum atomic E-state index is 13.3. The van der Waals surface area contributed by atoms with E-state index in [9.17, 15) is 8.78 Å². The quantitative estimate of drug-likeness (QED) is 0.786. The van der Waals surface area contributed by atoms with Crippen LogP contribution in [-0.2, 0) is 0 Å². The average Bonchev–Trinajstić information content (AvgIpc) is 2.12. The van der Waals surface area contributed by atoms with Crippen LogP contribution in [0, 0.1) is 11.6 Å². The molecule has 0 aliphatic carbocycles. The van der Waals surface area contributed by atoms with Crippen molar-refractivity contribution in [3.05, 3.63) is 33.8 Å². The van der Waals surface area contributed by atoms with E-state index in [1.807, 2.05) is 0 Å². The second-order valence-electron chi connectivity index (χ2n) is 2.60. The molecule has 0 heterocycles. The summed E-state index contributed by atoms with van der Waals surface area (Å²) in [6.45, 7) is 0.00426. The Kier molecular flexibility index (Phi) is 3.35. The van der Waals surface area contributed by atoms with Crippen molar-refractivity contribution in [1.82, 2.24) is 0 Å². The summed E-state index contributed by atoms with van der Waals surface area (Å²) in [4.78, 5) is 0. The first kappa shape index (κ1) is 10.6. The van der Waals surface area contributed by atoms with Crippen LogP contribution >= 0.6 is 15.9 Å². The highest BCUT2D eigenvalue weighted by atomic mass is 79.9. The van der Waals surface area contributed by atoms with E-state index in [4.69, 9.17) is 11.5 Å². The lowest BCUT2D eigenvalue weighted by molar-refractivity contribution is 0.524. The number of halogens is 3. The van der Waals surface area contributed by atoms with E-state index in [0.29, 0.717) is 0 Å². The Bertz CT molecular complexity index is 317. The molecule has 0 amide bonds. The van der Waals surface area contributed by atoms with Crippen LogP contribution in [0.2, 0.25) is 0 Å². The summed E-state index contributed by atoms with van der Waals surface area (Å²) in [7, 11) is 0. The lowest BCUT2D eigenvalue weighted by Crippen LogP contribution is -2.23. The zero-order valence-electron chi connectivity index (χ0n) is 6.73. The fourth-order valence-electron chi connectivity index (χ4n) is 1.00. The van der Waals surface area contributed by atoms with Crippen LogP contribution in [0.3, 0.4) is 0 Å². The van der Waals surface area contributed by atoms with Gasteiger partial charge in [0.15, 0.2) is 0 Å². The third-order valence-corrected chi connectivity index (χ3v) is 2.32. The second kappa shape index (κ2) is 4.13. The van der Waals surface area contributed by atoms with Crippen LogP contribution in [0.4, 0.5) is 8.78 Å². The summed E-state index contributed by atoms with van der Waals surface area (Å²) in [5.74, 6) is -1.35. The summed E-state index contributed by atoms with van der Waals surface area (Å²) in [6.07, 6.45) is 0. The van der Waals surface area contributed by atoms with Crippen LogP contribution in [0.15, 0.2) is 16.6 Å². The van der Waals surface area contributed by atoms with Gasteiger partial charge in [0.25, 0.3) is 0 Å². The van der Waals surface area contributed by atoms with Gasteiger partial charge in [-0.15, -0.1) is 0 Å². The van der Waals surface area contributed by atoms with Gasteiger partial charge in [-0.25, -0.2) is 8.78 Å².